The third-order valence-electron chi connectivity index (χ3n) is 2.79. The molecule has 0 radical (unpaired) electrons. The average molecular weight is 270 g/mol. The van der Waals surface area contributed by atoms with Crippen LogP contribution in [0.3, 0.4) is 0 Å². The van der Waals surface area contributed by atoms with Crippen LogP contribution in [0.15, 0.2) is 28.7 Å². The van der Waals surface area contributed by atoms with Gasteiger partial charge in [0.25, 0.3) is 0 Å². The van der Waals surface area contributed by atoms with E-state index in [0.29, 0.717) is 0 Å². The molecule has 2 heteroatoms. The van der Waals surface area contributed by atoms with E-state index in [4.69, 9.17) is 5.73 Å². The maximum absolute atomic E-state index is 6.12. The molecule has 1 nitrogen and oxygen atoms in total. The number of hydrogen-bond donors (Lipinski definition) is 1. The van der Waals surface area contributed by atoms with Gasteiger partial charge in [0, 0.05) is 10.5 Å². The van der Waals surface area contributed by atoms with Crippen LogP contribution in [0.25, 0.3) is 0 Å². The van der Waals surface area contributed by atoms with Crippen molar-refractivity contribution in [3.63, 3.8) is 0 Å². The molecule has 1 aromatic rings. The van der Waals surface area contributed by atoms with E-state index in [1.807, 2.05) is 6.07 Å². The molecule has 0 aliphatic rings. The van der Waals surface area contributed by atoms with E-state index in [-0.39, 0.29) is 6.04 Å². The van der Waals surface area contributed by atoms with Gasteiger partial charge in [-0.15, -0.1) is 0 Å². The molecule has 1 rings (SSSR count). The molecule has 0 saturated carbocycles. The number of rotatable bonds is 5. The fraction of sp³-hybridized carbons (Fsp3) is 0.538. The molecule has 0 aromatic heterocycles. The van der Waals surface area contributed by atoms with Gasteiger partial charge >= 0.3 is 0 Å². The Kier molecular flexibility index (Phi) is 5.34. The monoisotopic (exact) mass is 269 g/mol. The molecule has 0 aliphatic heterocycles. The lowest BCUT2D eigenvalue weighted by atomic mass is 9.95. The van der Waals surface area contributed by atoms with Gasteiger partial charge < -0.3 is 5.73 Å². The van der Waals surface area contributed by atoms with Gasteiger partial charge in [-0.05, 0) is 36.5 Å². The number of nitrogens with two attached hydrogens (primary N) is 1. The second-order valence-corrected chi connectivity index (χ2v) is 5.26. The predicted molar refractivity (Wildman–Crippen MR) is 69.9 cm³/mol. The van der Waals surface area contributed by atoms with Crippen molar-refractivity contribution in [2.75, 3.05) is 0 Å². The molecule has 15 heavy (non-hydrogen) atoms. The van der Waals surface area contributed by atoms with Crippen LogP contribution in [-0.4, -0.2) is 6.04 Å². The summed E-state index contributed by atoms with van der Waals surface area (Å²) < 4.78 is 1.13. The van der Waals surface area contributed by atoms with Crippen molar-refractivity contribution < 1.29 is 0 Å². The molecule has 0 heterocycles. The third-order valence-corrected chi connectivity index (χ3v) is 3.28. The van der Waals surface area contributed by atoms with Gasteiger partial charge in [-0.25, -0.2) is 0 Å². The van der Waals surface area contributed by atoms with Crippen molar-refractivity contribution in [3.8, 4) is 0 Å². The Balaban J connectivity index is 2.47. The highest BCUT2D eigenvalue weighted by atomic mass is 79.9. The van der Waals surface area contributed by atoms with Crippen LogP contribution < -0.4 is 5.73 Å². The Morgan fingerprint density at radius 1 is 1.40 bits per heavy atom. The highest BCUT2D eigenvalue weighted by molar-refractivity contribution is 9.10. The molecule has 0 amide bonds. The minimum Gasteiger partial charge on any atom is -0.327 e. The first kappa shape index (κ1) is 12.7. The highest BCUT2D eigenvalue weighted by Crippen LogP contribution is 2.15. The second kappa shape index (κ2) is 6.29. The molecule has 0 aliphatic carbocycles. The molecule has 2 atom stereocenters. The Morgan fingerprint density at radius 3 is 2.73 bits per heavy atom. The fourth-order valence-corrected chi connectivity index (χ4v) is 2.18. The van der Waals surface area contributed by atoms with Crippen LogP contribution in [0, 0.1) is 5.92 Å². The molecule has 2 unspecified atom stereocenters. The Labute approximate surface area is 101 Å². The normalized spacial score (nSPS) is 14.9. The molecule has 84 valence electrons. The lowest BCUT2D eigenvalue weighted by Gasteiger charge is -2.15. The summed E-state index contributed by atoms with van der Waals surface area (Å²) >= 11 is 3.48. The van der Waals surface area contributed by atoms with Crippen molar-refractivity contribution >= 4 is 15.9 Å². The van der Waals surface area contributed by atoms with Crippen molar-refractivity contribution in [2.24, 2.45) is 11.7 Å². The van der Waals surface area contributed by atoms with E-state index in [1.165, 1.54) is 12.0 Å². The first-order valence-corrected chi connectivity index (χ1v) is 6.41. The summed E-state index contributed by atoms with van der Waals surface area (Å²) in [6.07, 6.45) is 3.30. The predicted octanol–water partition coefficient (Wildman–Crippen LogP) is 3.76. The summed E-state index contributed by atoms with van der Waals surface area (Å²) in [6.45, 7) is 4.48. The lowest BCUT2D eigenvalue weighted by Crippen LogP contribution is -2.25. The lowest BCUT2D eigenvalue weighted by molar-refractivity contribution is 0.450. The average Bonchev–Trinajstić information content (AvgIpc) is 2.17. The van der Waals surface area contributed by atoms with E-state index in [0.717, 1.165) is 23.2 Å². The first-order chi connectivity index (χ1) is 7.11. The quantitative estimate of drug-likeness (QED) is 0.866. The molecular formula is C13H20BrN. The minimum absolute atomic E-state index is 0.286. The summed E-state index contributed by atoms with van der Waals surface area (Å²) in [7, 11) is 0. The number of hydrogen-bond acceptors (Lipinski definition) is 1. The van der Waals surface area contributed by atoms with Crippen LogP contribution in [0.5, 0.6) is 0 Å². The maximum atomic E-state index is 6.12. The van der Waals surface area contributed by atoms with Gasteiger partial charge in [-0.3, -0.25) is 0 Å². The molecule has 2 N–H and O–H groups in total. The highest BCUT2D eigenvalue weighted by Gasteiger charge is 2.08. The minimum atomic E-state index is 0.286. The van der Waals surface area contributed by atoms with Gasteiger partial charge in [-0.1, -0.05) is 48.3 Å². The summed E-state index contributed by atoms with van der Waals surface area (Å²) in [5.41, 5.74) is 7.44. The SMILES string of the molecule is CCC(C)CC(N)Cc1cccc(Br)c1. The van der Waals surface area contributed by atoms with Gasteiger partial charge in [0.05, 0.1) is 0 Å². The maximum Gasteiger partial charge on any atom is 0.0178 e. The topological polar surface area (TPSA) is 26.0 Å². The van der Waals surface area contributed by atoms with Crippen molar-refractivity contribution in [1.82, 2.24) is 0 Å². The van der Waals surface area contributed by atoms with Crippen LogP contribution >= 0.6 is 15.9 Å². The smallest absolute Gasteiger partial charge is 0.0178 e. The molecule has 1 aromatic carbocycles. The second-order valence-electron chi connectivity index (χ2n) is 4.34. The van der Waals surface area contributed by atoms with E-state index < -0.39 is 0 Å². The fourth-order valence-electron chi connectivity index (χ4n) is 1.73. The summed E-state index contributed by atoms with van der Waals surface area (Å²) in [4.78, 5) is 0. The zero-order valence-corrected chi connectivity index (χ0v) is 11.1. The van der Waals surface area contributed by atoms with Crippen LogP contribution in [0.1, 0.15) is 32.3 Å². The van der Waals surface area contributed by atoms with Crippen molar-refractivity contribution in [3.05, 3.63) is 34.3 Å². The van der Waals surface area contributed by atoms with E-state index in [9.17, 15) is 0 Å². The van der Waals surface area contributed by atoms with Crippen molar-refractivity contribution in [1.29, 1.82) is 0 Å². The summed E-state index contributed by atoms with van der Waals surface area (Å²) in [5.74, 6) is 0.729. The van der Waals surface area contributed by atoms with Crippen molar-refractivity contribution in [2.45, 2.75) is 39.2 Å². The molecule has 0 bridgehead atoms. The largest absolute Gasteiger partial charge is 0.327 e. The third kappa shape index (κ3) is 4.80. The molecule has 0 spiro atoms. The number of halogens is 1. The number of benzene rings is 1. The Morgan fingerprint density at radius 2 is 2.13 bits per heavy atom. The first-order valence-electron chi connectivity index (χ1n) is 5.61. The van der Waals surface area contributed by atoms with Gasteiger partial charge in [0.15, 0.2) is 0 Å². The summed E-state index contributed by atoms with van der Waals surface area (Å²) in [5, 5.41) is 0. The summed E-state index contributed by atoms with van der Waals surface area (Å²) in [6, 6.07) is 8.69. The molecular weight excluding hydrogens is 250 g/mol. The van der Waals surface area contributed by atoms with E-state index >= 15 is 0 Å². The molecule has 0 fully saturated rings. The standard InChI is InChI=1S/C13H20BrN/c1-3-10(2)7-13(15)9-11-5-4-6-12(14)8-11/h4-6,8,10,13H,3,7,9,15H2,1-2H3. The van der Waals surface area contributed by atoms with Crippen LogP contribution in [0.2, 0.25) is 0 Å². The van der Waals surface area contributed by atoms with Gasteiger partial charge in [0.2, 0.25) is 0 Å². The van der Waals surface area contributed by atoms with E-state index in [2.05, 4.69) is 48.0 Å². The molecule has 0 saturated heterocycles. The zero-order chi connectivity index (χ0) is 11.3. The van der Waals surface area contributed by atoms with Crippen LogP contribution in [0.4, 0.5) is 0 Å². The van der Waals surface area contributed by atoms with E-state index in [1.54, 1.807) is 0 Å². The van der Waals surface area contributed by atoms with Gasteiger partial charge in [0.1, 0.15) is 0 Å². The zero-order valence-electron chi connectivity index (χ0n) is 9.54. The van der Waals surface area contributed by atoms with Gasteiger partial charge in [-0.2, -0.15) is 0 Å². The Bertz CT molecular complexity index is 298. The Hall–Kier alpha value is -0.340. The van der Waals surface area contributed by atoms with Crippen LogP contribution in [-0.2, 0) is 6.42 Å².